The van der Waals surface area contributed by atoms with E-state index in [0.29, 0.717) is 0 Å². The number of rotatable bonds is 5. The van der Waals surface area contributed by atoms with Gasteiger partial charge in [-0.3, -0.25) is 0 Å². The average Bonchev–Trinajstić information content (AvgIpc) is 2.45. The molecule has 0 fully saturated rings. The van der Waals surface area contributed by atoms with Gasteiger partial charge in [0.1, 0.15) is 5.75 Å². The molecule has 0 radical (unpaired) electrons. The van der Waals surface area contributed by atoms with E-state index < -0.39 is 0 Å². The van der Waals surface area contributed by atoms with Crippen molar-refractivity contribution in [2.45, 2.75) is 19.9 Å². The van der Waals surface area contributed by atoms with Crippen molar-refractivity contribution in [3.8, 4) is 5.75 Å². The molecule has 21 heavy (non-hydrogen) atoms. The van der Waals surface area contributed by atoms with Crippen molar-refractivity contribution in [2.75, 3.05) is 13.7 Å². The van der Waals surface area contributed by atoms with E-state index in [1.807, 2.05) is 6.07 Å². The Morgan fingerprint density at radius 3 is 2.43 bits per heavy atom. The van der Waals surface area contributed by atoms with Gasteiger partial charge in [-0.15, -0.1) is 0 Å². The fourth-order valence-corrected chi connectivity index (χ4v) is 3.62. The van der Waals surface area contributed by atoms with Crippen molar-refractivity contribution in [1.82, 2.24) is 5.32 Å². The molecule has 0 aliphatic carbocycles. The molecule has 0 aliphatic heterocycles. The Hall–Kier alpha value is -0.840. The first-order chi connectivity index (χ1) is 10.1. The summed E-state index contributed by atoms with van der Waals surface area (Å²) in [5.41, 5.74) is 3.69. The highest BCUT2D eigenvalue weighted by Crippen LogP contribution is 2.33. The van der Waals surface area contributed by atoms with Crippen LogP contribution in [0.25, 0.3) is 0 Å². The molecule has 0 aromatic heterocycles. The number of hydrogen-bond donors (Lipinski definition) is 1. The molecule has 0 bridgehead atoms. The number of ether oxygens (including phenoxy) is 1. The second-order valence-corrected chi connectivity index (χ2v) is 6.62. The maximum atomic E-state index is 5.31. The van der Waals surface area contributed by atoms with Crippen molar-refractivity contribution in [1.29, 1.82) is 0 Å². The Labute approximate surface area is 143 Å². The van der Waals surface area contributed by atoms with Crippen LogP contribution in [-0.2, 0) is 0 Å². The second kappa shape index (κ2) is 7.43. The standard InChI is InChI=1S/C17H19Br2NO/c1-4-20-17(13-7-5-11(2)9-14(13)18)12-6-8-16(21-3)15(19)10-12/h5-10,17,20H,4H2,1-3H3. The van der Waals surface area contributed by atoms with Gasteiger partial charge in [-0.1, -0.05) is 41.1 Å². The molecule has 2 aromatic rings. The van der Waals surface area contributed by atoms with Crippen LogP contribution in [-0.4, -0.2) is 13.7 Å². The number of nitrogens with one attached hydrogen (secondary N) is 1. The highest BCUT2D eigenvalue weighted by Gasteiger charge is 2.17. The van der Waals surface area contributed by atoms with E-state index in [4.69, 9.17) is 4.74 Å². The van der Waals surface area contributed by atoms with Crippen LogP contribution >= 0.6 is 31.9 Å². The maximum Gasteiger partial charge on any atom is 0.133 e. The predicted molar refractivity (Wildman–Crippen MR) is 95.1 cm³/mol. The molecule has 0 heterocycles. The summed E-state index contributed by atoms with van der Waals surface area (Å²) in [5.74, 6) is 0.844. The highest BCUT2D eigenvalue weighted by molar-refractivity contribution is 9.10. The fourth-order valence-electron chi connectivity index (χ4n) is 2.34. The average molecular weight is 413 g/mol. The van der Waals surface area contributed by atoms with Crippen molar-refractivity contribution < 1.29 is 4.74 Å². The van der Waals surface area contributed by atoms with Gasteiger partial charge in [0.25, 0.3) is 0 Å². The Morgan fingerprint density at radius 2 is 1.86 bits per heavy atom. The van der Waals surface area contributed by atoms with Crippen LogP contribution in [0.2, 0.25) is 0 Å². The Balaban J connectivity index is 2.45. The lowest BCUT2D eigenvalue weighted by molar-refractivity contribution is 0.412. The van der Waals surface area contributed by atoms with Gasteiger partial charge in [0.15, 0.2) is 0 Å². The van der Waals surface area contributed by atoms with Gasteiger partial charge in [0.05, 0.1) is 17.6 Å². The molecule has 112 valence electrons. The van der Waals surface area contributed by atoms with Crippen LogP contribution in [0, 0.1) is 6.92 Å². The molecule has 0 spiro atoms. The van der Waals surface area contributed by atoms with Gasteiger partial charge in [-0.05, 0) is 64.3 Å². The maximum absolute atomic E-state index is 5.31. The summed E-state index contributed by atoms with van der Waals surface area (Å²) in [5, 5.41) is 3.55. The minimum absolute atomic E-state index is 0.146. The van der Waals surface area contributed by atoms with E-state index in [1.54, 1.807) is 7.11 Å². The summed E-state index contributed by atoms with van der Waals surface area (Å²) >= 11 is 7.25. The van der Waals surface area contributed by atoms with Gasteiger partial charge in [-0.25, -0.2) is 0 Å². The van der Waals surface area contributed by atoms with Crippen molar-refractivity contribution >= 4 is 31.9 Å². The molecule has 0 saturated heterocycles. The number of benzene rings is 2. The smallest absolute Gasteiger partial charge is 0.133 e. The zero-order chi connectivity index (χ0) is 15.4. The Bertz CT molecular complexity index is 628. The molecule has 1 N–H and O–H groups in total. The van der Waals surface area contributed by atoms with Gasteiger partial charge < -0.3 is 10.1 Å². The molecular formula is C17H19Br2NO. The van der Waals surface area contributed by atoms with Gasteiger partial charge in [0.2, 0.25) is 0 Å². The summed E-state index contributed by atoms with van der Waals surface area (Å²) < 4.78 is 7.40. The zero-order valence-corrected chi connectivity index (χ0v) is 15.6. The minimum atomic E-state index is 0.146. The van der Waals surface area contributed by atoms with Crippen LogP contribution in [0.1, 0.15) is 29.7 Å². The lowest BCUT2D eigenvalue weighted by Gasteiger charge is -2.21. The molecule has 1 atom stereocenters. The van der Waals surface area contributed by atoms with E-state index in [1.165, 1.54) is 16.7 Å². The van der Waals surface area contributed by atoms with Gasteiger partial charge in [-0.2, -0.15) is 0 Å². The predicted octanol–water partition coefficient (Wildman–Crippen LogP) is 5.23. The monoisotopic (exact) mass is 411 g/mol. The molecule has 0 amide bonds. The molecule has 1 unspecified atom stereocenters. The topological polar surface area (TPSA) is 21.3 Å². The summed E-state index contributed by atoms with van der Waals surface area (Å²) in [6.07, 6.45) is 0. The van der Waals surface area contributed by atoms with E-state index in [-0.39, 0.29) is 6.04 Å². The second-order valence-electron chi connectivity index (χ2n) is 4.91. The first kappa shape index (κ1) is 16.5. The Morgan fingerprint density at radius 1 is 1.10 bits per heavy atom. The summed E-state index contributed by atoms with van der Waals surface area (Å²) in [6.45, 7) is 5.11. The third kappa shape index (κ3) is 3.87. The fraction of sp³-hybridized carbons (Fsp3) is 0.294. The van der Waals surface area contributed by atoms with Crippen molar-refractivity contribution in [3.05, 3.63) is 62.0 Å². The molecule has 2 aromatic carbocycles. The van der Waals surface area contributed by atoms with Crippen LogP contribution in [0.15, 0.2) is 45.3 Å². The lowest BCUT2D eigenvalue weighted by atomic mass is 9.97. The molecule has 0 saturated carbocycles. The highest BCUT2D eigenvalue weighted by atomic mass is 79.9. The molecule has 2 rings (SSSR count). The van der Waals surface area contributed by atoms with Crippen LogP contribution in [0.4, 0.5) is 0 Å². The van der Waals surface area contributed by atoms with Crippen molar-refractivity contribution in [3.63, 3.8) is 0 Å². The van der Waals surface area contributed by atoms with Crippen LogP contribution < -0.4 is 10.1 Å². The third-order valence-corrected chi connectivity index (χ3v) is 4.69. The number of methoxy groups -OCH3 is 1. The quantitative estimate of drug-likeness (QED) is 0.725. The van der Waals surface area contributed by atoms with Crippen LogP contribution in [0.5, 0.6) is 5.75 Å². The van der Waals surface area contributed by atoms with E-state index in [2.05, 4.69) is 81.4 Å². The third-order valence-electron chi connectivity index (χ3n) is 3.38. The summed E-state index contributed by atoms with van der Waals surface area (Å²) in [6, 6.07) is 12.8. The molecular weight excluding hydrogens is 394 g/mol. The van der Waals surface area contributed by atoms with E-state index in [0.717, 1.165) is 21.2 Å². The first-order valence-electron chi connectivity index (χ1n) is 6.89. The molecule has 4 heteroatoms. The van der Waals surface area contributed by atoms with E-state index in [9.17, 15) is 0 Å². The number of halogens is 2. The molecule has 0 aliphatic rings. The summed E-state index contributed by atoms with van der Waals surface area (Å²) in [4.78, 5) is 0. The van der Waals surface area contributed by atoms with E-state index >= 15 is 0 Å². The lowest BCUT2D eigenvalue weighted by Crippen LogP contribution is -2.22. The van der Waals surface area contributed by atoms with Gasteiger partial charge in [0, 0.05) is 4.47 Å². The largest absolute Gasteiger partial charge is 0.496 e. The van der Waals surface area contributed by atoms with Crippen LogP contribution in [0.3, 0.4) is 0 Å². The van der Waals surface area contributed by atoms with Crippen molar-refractivity contribution in [2.24, 2.45) is 0 Å². The molecule has 2 nitrogen and oxygen atoms in total. The number of hydrogen-bond acceptors (Lipinski definition) is 2. The normalized spacial score (nSPS) is 12.2. The Kier molecular flexibility index (Phi) is 5.85. The SMILES string of the molecule is CCNC(c1ccc(OC)c(Br)c1)c1ccc(C)cc1Br. The summed E-state index contributed by atoms with van der Waals surface area (Å²) in [7, 11) is 1.68. The zero-order valence-electron chi connectivity index (χ0n) is 12.4. The minimum Gasteiger partial charge on any atom is -0.496 e. The van der Waals surface area contributed by atoms with Gasteiger partial charge >= 0.3 is 0 Å². The first-order valence-corrected chi connectivity index (χ1v) is 8.48. The number of aryl methyl sites for hydroxylation is 1.